The van der Waals surface area contributed by atoms with Gasteiger partial charge in [0.2, 0.25) is 0 Å². The van der Waals surface area contributed by atoms with Crippen molar-refractivity contribution in [1.82, 2.24) is 0 Å². The molecule has 0 N–H and O–H groups in total. The number of para-hydroxylation sites is 1. The molecule has 2 heterocycles. The maximum absolute atomic E-state index is 10.8. The van der Waals surface area contributed by atoms with Crippen molar-refractivity contribution in [2.75, 3.05) is 0 Å². The minimum Gasteiger partial charge on any atom is -0.465 e. The fourth-order valence-electron chi connectivity index (χ4n) is 7.42. The van der Waals surface area contributed by atoms with Crippen LogP contribution in [0.4, 0.5) is 0 Å². The third-order valence-electron chi connectivity index (χ3n) is 9.60. The molecule has 1 unspecified atom stereocenters. The van der Waals surface area contributed by atoms with Crippen molar-refractivity contribution < 1.29 is 8.83 Å². The molecule has 0 amide bonds. The Labute approximate surface area is 260 Å². The Bertz CT molecular complexity index is 2320. The lowest BCUT2D eigenvalue weighted by Gasteiger charge is -2.30. The van der Waals surface area contributed by atoms with Gasteiger partial charge in [-0.1, -0.05) is 43.3 Å². The first kappa shape index (κ1) is 26.8. The van der Waals surface area contributed by atoms with Gasteiger partial charge in [0.25, 0.3) is 0 Å². The van der Waals surface area contributed by atoms with Crippen molar-refractivity contribution in [3.8, 4) is 40.5 Å². The van der Waals surface area contributed by atoms with Crippen molar-refractivity contribution in [2.24, 2.45) is 0 Å². The van der Waals surface area contributed by atoms with Crippen molar-refractivity contribution >= 4 is 28.0 Å². The number of nitriles is 3. The molecule has 2 aliphatic rings. The van der Waals surface area contributed by atoms with E-state index in [2.05, 4.69) is 61.5 Å². The fraction of sp³-hybridized carbons (Fsp3) is 0.175. The standard InChI is InChI=1S/C40H27N3O2/c1-23-29(12-13-33-31-7-3-5-9-38(31)45-40(23)33)35-18-28(27-15-24(20-41)14-25(16-27)21-42)17-34(36(35)22-43)26-10-11-32-30-6-2-4-8-37(30)44-39(32)19-26/h2-4,6-8,10-11,14-19,23,29H,5,9,12-13H2,1H3/t23-,29?/m1/s1. The molecule has 0 saturated carbocycles. The molecule has 4 aromatic carbocycles. The molecule has 6 aromatic rings. The van der Waals surface area contributed by atoms with E-state index in [1.54, 1.807) is 6.07 Å². The van der Waals surface area contributed by atoms with Crippen LogP contribution in [0.25, 0.3) is 50.3 Å². The summed E-state index contributed by atoms with van der Waals surface area (Å²) in [6.07, 6.45) is 8.10. The van der Waals surface area contributed by atoms with Gasteiger partial charge < -0.3 is 8.83 Å². The lowest BCUT2D eigenvalue weighted by Crippen LogP contribution is -2.17. The zero-order chi connectivity index (χ0) is 30.7. The summed E-state index contributed by atoms with van der Waals surface area (Å²) in [5.41, 5.74) is 9.85. The zero-order valence-electron chi connectivity index (χ0n) is 24.7. The molecule has 2 aromatic heterocycles. The van der Waals surface area contributed by atoms with Gasteiger partial charge in [-0.3, -0.25) is 0 Å². The van der Waals surface area contributed by atoms with Gasteiger partial charge in [0.15, 0.2) is 0 Å². The molecule has 45 heavy (non-hydrogen) atoms. The van der Waals surface area contributed by atoms with E-state index in [9.17, 15) is 15.8 Å². The van der Waals surface area contributed by atoms with Crippen LogP contribution in [0.1, 0.15) is 76.5 Å². The van der Waals surface area contributed by atoms with Crippen LogP contribution in [0.5, 0.6) is 0 Å². The van der Waals surface area contributed by atoms with E-state index in [-0.39, 0.29) is 11.8 Å². The Morgan fingerprint density at radius 2 is 1.51 bits per heavy atom. The van der Waals surface area contributed by atoms with Gasteiger partial charge in [0.05, 0.1) is 28.8 Å². The van der Waals surface area contributed by atoms with Crippen molar-refractivity contribution in [3.63, 3.8) is 0 Å². The van der Waals surface area contributed by atoms with Crippen molar-refractivity contribution in [3.05, 3.63) is 124 Å². The number of fused-ring (bicyclic) bond motifs is 6. The molecule has 0 saturated heterocycles. The summed E-state index contributed by atoms with van der Waals surface area (Å²) >= 11 is 0. The Morgan fingerprint density at radius 1 is 0.733 bits per heavy atom. The molecular formula is C40H27N3O2. The Balaban J connectivity index is 1.34. The van der Waals surface area contributed by atoms with E-state index in [4.69, 9.17) is 8.83 Å². The monoisotopic (exact) mass is 581 g/mol. The smallest absolute Gasteiger partial charge is 0.136 e. The lowest BCUT2D eigenvalue weighted by molar-refractivity contribution is 0.380. The molecule has 0 spiro atoms. The number of nitrogens with zero attached hydrogens (tertiary/aromatic N) is 3. The van der Waals surface area contributed by atoms with Crippen LogP contribution >= 0.6 is 0 Å². The number of furan rings is 2. The molecular weight excluding hydrogens is 554 g/mol. The van der Waals surface area contributed by atoms with E-state index >= 15 is 0 Å². The zero-order valence-corrected chi connectivity index (χ0v) is 24.7. The molecule has 5 heteroatoms. The van der Waals surface area contributed by atoms with E-state index in [1.807, 2.05) is 42.5 Å². The molecule has 0 fully saturated rings. The maximum atomic E-state index is 10.8. The number of aryl methyl sites for hydroxylation is 1. The van der Waals surface area contributed by atoms with E-state index in [0.717, 1.165) is 87.0 Å². The predicted octanol–water partition coefficient (Wildman–Crippen LogP) is 9.92. The number of hydrogen-bond acceptors (Lipinski definition) is 5. The van der Waals surface area contributed by atoms with Gasteiger partial charge in [-0.25, -0.2) is 0 Å². The van der Waals surface area contributed by atoms with Crippen LogP contribution in [-0.2, 0) is 12.8 Å². The summed E-state index contributed by atoms with van der Waals surface area (Å²) in [6.45, 7) is 2.21. The number of allylic oxidation sites excluding steroid dienone is 1. The summed E-state index contributed by atoms with van der Waals surface area (Å²) in [6, 6.07) is 30.4. The first-order valence-corrected chi connectivity index (χ1v) is 15.3. The van der Waals surface area contributed by atoms with E-state index in [0.29, 0.717) is 16.7 Å². The van der Waals surface area contributed by atoms with Crippen LogP contribution in [0.3, 0.4) is 0 Å². The molecule has 214 valence electrons. The number of benzene rings is 4. The third-order valence-corrected chi connectivity index (χ3v) is 9.60. The summed E-state index contributed by atoms with van der Waals surface area (Å²) in [5.74, 6) is 2.22. The fourth-order valence-corrected chi connectivity index (χ4v) is 7.42. The average molecular weight is 582 g/mol. The summed E-state index contributed by atoms with van der Waals surface area (Å²) < 4.78 is 12.7. The number of rotatable bonds is 3. The SMILES string of the molecule is C[C@H]1c2oc3c(c2CCC1c1cc(-c2cc(C#N)cc(C#N)c2)cc(-c2ccc4c(c2)oc2ccccc24)c1C#N)C=CCC3. The highest BCUT2D eigenvalue weighted by molar-refractivity contribution is 6.06. The topological polar surface area (TPSA) is 97.7 Å². The second-order valence-electron chi connectivity index (χ2n) is 12.1. The lowest BCUT2D eigenvalue weighted by atomic mass is 9.72. The summed E-state index contributed by atoms with van der Waals surface area (Å²) in [5, 5.41) is 32.3. The molecule has 0 aliphatic heterocycles. The van der Waals surface area contributed by atoms with Gasteiger partial charge >= 0.3 is 0 Å². The first-order chi connectivity index (χ1) is 22.1. The third kappa shape index (κ3) is 4.27. The number of hydrogen-bond donors (Lipinski definition) is 0. The Kier molecular flexibility index (Phi) is 6.19. The average Bonchev–Trinajstić information content (AvgIpc) is 3.66. The molecule has 0 radical (unpaired) electrons. The minimum absolute atomic E-state index is 0.0481. The van der Waals surface area contributed by atoms with Crippen molar-refractivity contribution in [2.45, 2.75) is 44.4 Å². The Morgan fingerprint density at radius 3 is 2.31 bits per heavy atom. The molecule has 5 nitrogen and oxygen atoms in total. The van der Waals surface area contributed by atoms with Gasteiger partial charge in [0, 0.05) is 39.8 Å². The van der Waals surface area contributed by atoms with Crippen LogP contribution in [0.2, 0.25) is 0 Å². The largest absolute Gasteiger partial charge is 0.465 e. The van der Waals surface area contributed by atoms with Crippen LogP contribution in [-0.4, -0.2) is 0 Å². The molecule has 0 bridgehead atoms. The minimum atomic E-state index is 0.0481. The second kappa shape index (κ2) is 10.4. The second-order valence-corrected chi connectivity index (χ2v) is 12.1. The highest BCUT2D eigenvalue weighted by Crippen LogP contribution is 2.49. The molecule has 2 atom stereocenters. The van der Waals surface area contributed by atoms with E-state index < -0.39 is 0 Å². The highest BCUT2D eigenvalue weighted by Gasteiger charge is 2.35. The maximum Gasteiger partial charge on any atom is 0.136 e. The van der Waals surface area contributed by atoms with Gasteiger partial charge in [0.1, 0.15) is 28.8 Å². The van der Waals surface area contributed by atoms with Crippen LogP contribution in [0, 0.1) is 34.0 Å². The van der Waals surface area contributed by atoms with Crippen LogP contribution in [0.15, 0.2) is 87.7 Å². The highest BCUT2D eigenvalue weighted by atomic mass is 16.3. The van der Waals surface area contributed by atoms with Gasteiger partial charge in [-0.15, -0.1) is 0 Å². The van der Waals surface area contributed by atoms with Crippen molar-refractivity contribution in [1.29, 1.82) is 15.8 Å². The first-order valence-electron chi connectivity index (χ1n) is 15.3. The normalized spacial score (nSPS) is 16.9. The molecule has 8 rings (SSSR count). The summed E-state index contributed by atoms with van der Waals surface area (Å²) in [7, 11) is 0. The predicted molar refractivity (Wildman–Crippen MR) is 174 cm³/mol. The summed E-state index contributed by atoms with van der Waals surface area (Å²) in [4.78, 5) is 0. The van der Waals surface area contributed by atoms with E-state index in [1.165, 1.54) is 11.1 Å². The van der Waals surface area contributed by atoms with Crippen LogP contribution < -0.4 is 0 Å². The van der Waals surface area contributed by atoms with Gasteiger partial charge in [-0.05, 0) is 96.0 Å². The molecule has 2 aliphatic carbocycles. The quantitative estimate of drug-likeness (QED) is 0.207. The van der Waals surface area contributed by atoms with Gasteiger partial charge in [-0.2, -0.15) is 15.8 Å². The Hall–Kier alpha value is -5.83.